The summed E-state index contributed by atoms with van der Waals surface area (Å²) in [4.78, 5) is 4.84. The van der Waals surface area contributed by atoms with Gasteiger partial charge in [-0.15, -0.1) is 0 Å². The Bertz CT molecular complexity index is 8390. The first-order chi connectivity index (χ1) is 63.5. The summed E-state index contributed by atoms with van der Waals surface area (Å²) in [6.07, 6.45) is 0. The first-order valence-corrected chi connectivity index (χ1v) is 39.6. The Balaban J connectivity index is 0.945. The minimum absolute atomic E-state index is 0.00665. The summed E-state index contributed by atoms with van der Waals surface area (Å²) >= 11 is 1.20. The van der Waals surface area contributed by atoms with Gasteiger partial charge >= 0.3 is 0 Å². The molecule has 8 heterocycles. The van der Waals surface area contributed by atoms with Crippen LogP contribution >= 0.6 is 11.8 Å². The van der Waals surface area contributed by atoms with Crippen LogP contribution in [-0.4, -0.2) is 27.1 Å². The van der Waals surface area contributed by atoms with E-state index in [2.05, 4.69) is 49.9 Å². The van der Waals surface area contributed by atoms with Gasteiger partial charge in [-0.3, -0.25) is 0 Å². The van der Waals surface area contributed by atoms with Gasteiger partial charge in [0.15, 0.2) is 0 Å². The van der Waals surface area contributed by atoms with E-state index in [4.69, 9.17) is 6.11 Å². The molecular weight excluding hydrogens is 1410 g/mol. The zero-order valence-electron chi connectivity index (χ0n) is 78.1. The highest BCUT2D eigenvalue weighted by Gasteiger charge is 2.53. The van der Waals surface area contributed by atoms with Crippen molar-refractivity contribution in [3.63, 3.8) is 0 Å². The molecule has 0 bridgehead atoms. The standard InChI is InChI=1S/C106H69B2N5OS/c1-106(2,3)70-58-89-97-90(59-70)113(103-74(67-37-15-7-16-38-67)48-30-49-75(103)68-39-17-8-18-40-68)91-62-92-99-105(98(91)107(97)81-56-55-69(64-31-9-4-10-32-64)57-87(81)112(89)102-72(65-33-11-5-12-34-65)46-29-47-73(102)66-35-13-6-14-36-66)114-93-60-71(109-82-50-24-19-41-76(82)77-42-20-25-51-83(77)109)61-94-100(93)108(99)101-95(115-94)63-88(96-80-45-23-28-54-86(80)111(92)104(96)101)110-84-52-26-21-43-78(84)79-44-22-27-53-85(79)110/h4-63H,1-3H3/i4D,9D,10D,23D,28D,31D,32D,45D,54D,55D,56D,57D,60D,61D,62D,63D. The lowest BCUT2D eigenvalue weighted by atomic mass is 9.30. The number of benzene rings is 17. The molecule has 0 amide bonds. The Hall–Kier alpha value is -14.0. The Morgan fingerprint density at radius 1 is 0.330 bits per heavy atom. The second kappa shape index (κ2) is 24.3. The highest BCUT2D eigenvalue weighted by molar-refractivity contribution is 8.00. The van der Waals surface area contributed by atoms with Crippen LogP contribution in [0.1, 0.15) is 48.3 Å². The summed E-state index contributed by atoms with van der Waals surface area (Å²) in [6.45, 7) is 3.64. The van der Waals surface area contributed by atoms with E-state index in [1.165, 1.54) is 11.8 Å². The van der Waals surface area contributed by atoms with Crippen LogP contribution in [0.15, 0.2) is 373 Å². The average Bonchev–Trinajstić information content (AvgIpc) is 1.52. The molecule has 0 aliphatic carbocycles. The Labute approximate surface area is 693 Å². The van der Waals surface area contributed by atoms with Gasteiger partial charge in [0.1, 0.15) is 11.5 Å². The molecular formula is C106H69B2N5OS. The lowest BCUT2D eigenvalue weighted by molar-refractivity contribution is 0.489. The highest BCUT2D eigenvalue weighted by atomic mass is 32.2. The Morgan fingerprint density at radius 2 is 0.809 bits per heavy atom. The van der Waals surface area contributed by atoms with E-state index in [1.807, 2.05) is 261 Å². The number of ether oxygens (including phenoxy) is 1. The molecule has 536 valence electrons. The Morgan fingerprint density at radius 3 is 1.35 bits per heavy atom. The average molecular weight is 1500 g/mol. The number of hydrogen-bond donors (Lipinski definition) is 0. The van der Waals surface area contributed by atoms with Crippen molar-refractivity contribution in [2.45, 2.75) is 36.0 Å². The van der Waals surface area contributed by atoms with Crippen LogP contribution in [0.3, 0.4) is 0 Å². The predicted molar refractivity (Wildman–Crippen MR) is 485 cm³/mol. The zero-order valence-corrected chi connectivity index (χ0v) is 62.9. The summed E-state index contributed by atoms with van der Waals surface area (Å²) < 4.78 is 184. The van der Waals surface area contributed by atoms with Gasteiger partial charge in [0.05, 0.1) is 77.8 Å². The molecule has 0 N–H and O–H groups in total. The van der Waals surface area contributed by atoms with E-state index in [0.29, 0.717) is 98.8 Å². The third-order valence-corrected chi connectivity index (χ3v) is 25.1. The minimum Gasteiger partial charge on any atom is -0.459 e. The maximum Gasteiger partial charge on any atom is 0.259 e. The van der Waals surface area contributed by atoms with Crippen molar-refractivity contribution in [3.05, 3.63) is 369 Å². The van der Waals surface area contributed by atoms with Gasteiger partial charge in [-0.05, 0) is 144 Å². The van der Waals surface area contributed by atoms with E-state index >= 15 is 0 Å². The van der Waals surface area contributed by atoms with Crippen molar-refractivity contribution >= 4 is 158 Å². The number of nitrogens with zero attached hydrogens (tertiary/aromatic N) is 5. The van der Waals surface area contributed by atoms with Crippen LogP contribution < -0.4 is 47.3 Å². The van der Waals surface area contributed by atoms with Gasteiger partial charge < -0.3 is 28.2 Å². The summed E-state index contributed by atoms with van der Waals surface area (Å²) in [5.74, 6) is 0.0500. The quantitative estimate of drug-likeness (QED) is 0.135. The molecule has 9 heteroatoms. The molecule has 17 aromatic carbocycles. The third-order valence-electron chi connectivity index (χ3n) is 24.1. The van der Waals surface area contributed by atoms with Crippen LogP contribution in [-0.2, 0) is 5.41 Å². The second-order valence-electron chi connectivity index (χ2n) is 31.2. The molecule has 0 fully saturated rings. The summed E-state index contributed by atoms with van der Waals surface area (Å²) in [5, 5.41) is 3.77. The topological polar surface area (TPSA) is 30.5 Å². The molecule has 6 nitrogen and oxygen atoms in total. The van der Waals surface area contributed by atoms with Gasteiger partial charge in [0, 0.05) is 98.8 Å². The number of aromatic nitrogens is 3. The van der Waals surface area contributed by atoms with Gasteiger partial charge in [0.2, 0.25) is 0 Å². The number of fused-ring (bicyclic) bond motifs is 15. The van der Waals surface area contributed by atoms with E-state index in [0.717, 1.165) is 49.4 Å². The molecule has 0 spiro atoms. The lowest BCUT2D eigenvalue weighted by Gasteiger charge is -2.48. The molecule has 0 saturated carbocycles. The van der Waals surface area contributed by atoms with Crippen molar-refractivity contribution in [2.24, 2.45) is 0 Å². The van der Waals surface area contributed by atoms with Gasteiger partial charge in [-0.25, -0.2) is 0 Å². The molecule has 115 heavy (non-hydrogen) atoms. The third kappa shape index (κ3) is 9.15. The second-order valence-corrected chi connectivity index (χ2v) is 32.2. The van der Waals surface area contributed by atoms with E-state index < -0.39 is 102 Å². The maximum atomic E-state index is 12.6. The molecule has 0 radical (unpaired) electrons. The number of rotatable bonds is 9. The molecule has 25 rings (SSSR count). The smallest absolute Gasteiger partial charge is 0.259 e. The largest absolute Gasteiger partial charge is 0.459 e. The number of para-hydroxylation sites is 7. The molecule has 0 unspecified atom stereocenters. The molecule has 20 aromatic rings. The fraction of sp³-hybridized carbons (Fsp3) is 0.0377. The first kappa shape index (κ1) is 50.8. The number of anilines is 6. The molecule has 3 aromatic heterocycles. The Kier molecular flexibility index (Phi) is 10.7. The van der Waals surface area contributed by atoms with Crippen molar-refractivity contribution in [3.8, 4) is 84.2 Å². The predicted octanol–water partition coefficient (Wildman–Crippen LogP) is 24.1. The van der Waals surface area contributed by atoms with Crippen LogP contribution in [0.25, 0.3) is 138 Å². The van der Waals surface area contributed by atoms with E-state index in [1.54, 1.807) is 0 Å². The lowest BCUT2D eigenvalue weighted by Crippen LogP contribution is -2.66. The van der Waals surface area contributed by atoms with Crippen molar-refractivity contribution in [1.82, 2.24) is 13.7 Å². The zero-order chi connectivity index (χ0) is 89.6. The normalized spacial score (nSPS) is 15.3. The van der Waals surface area contributed by atoms with E-state index in [9.17, 15) is 20.6 Å². The van der Waals surface area contributed by atoms with Gasteiger partial charge in [0.25, 0.3) is 13.4 Å². The fourth-order valence-electron chi connectivity index (χ4n) is 19.3. The SMILES string of the molecule is [2H]c1c([2H])c([2H])c(-c2c([2H])c([2H])c3c(c2[2H])N(c2c(-c4ccccc4)cccc2-c2ccccc2)c2cc(C(C)(C)C)cc4c2B3c2c3c5c(c([2H])c2N4c2c(-c4ccccc4)cccc2-c2ccccc2)-n2c4c([2H])c([2H])c([2H])c([2H])c4c4c(-n6c7ccccc7c7ccccc76)c([2H])c6c(c42)B5c2c(c([2H])c(-n4c5ccccc5c5ccccc54)c([2H])c2S6)O3)c([2H])c1[2H]. The maximum absolute atomic E-state index is 12.6. The summed E-state index contributed by atoms with van der Waals surface area (Å²) in [6, 6.07) is 80.0. The van der Waals surface area contributed by atoms with Crippen LogP contribution in [0, 0.1) is 0 Å². The van der Waals surface area contributed by atoms with Crippen molar-refractivity contribution in [1.29, 1.82) is 0 Å². The van der Waals surface area contributed by atoms with Crippen LogP contribution in [0.4, 0.5) is 34.1 Å². The van der Waals surface area contributed by atoms with Gasteiger partial charge in [-0.2, -0.15) is 0 Å². The first-order valence-electron chi connectivity index (χ1n) is 46.7. The molecule has 5 aliphatic heterocycles. The van der Waals surface area contributed by atoms with Crippen molar-refractivity contribution in [2.75, 3.05) is 9.80 Å². The van der Waals surface area contributed by atoms with Gasteiger partial charge in [-0.1, -0.05) is 323 Å². The molecule has 5 aliphatic rings. The summed E-state index contributed by atoms with van der Waals surface area (Å²) in [7, 11) is 0. The highest BCUT2D eigenvalue weighted by Crippen LogP contribution is 2.57. The minimum atomic E-state index is -1.47. The molecule has 0 saturated heterocycles. The van der Waals surface area contributed by atoms with Crippen molar-refractivity contribution < 1.29 is 26.7 Å². The van der Waals surface area contributed by atoms with Crippen LogP contribution in [0.2, 0.25) is 0 Å². The fourth-order valence-corrected chi connectivity index (χ4v) is 20.4. The summed E-state index contributed by atoms with van der Waals surface area (Å²) in [5.41, 5.74) is 12.5. The van der Waals surface area contributed by atoms with Crippen LogP contribution in [0.5, 0.6) is 11.5 Å². The molecule has 0 atom stereocenters. The number of hydrogen-bond acceptors (Lipinski definition) is 4. The monoisotopic (exact) mass is 1500 g/mol. The van der Waals surface area contributed by atoms with E-state index in [-0.39, 0.29) is 96.8 Å².